The second kappa shape index (κ2) is 6.04. The van der Waals surface area contributed by atoms with E-state index in [2.05, 4.69) is 15.9 Å². The quantitative estimate of drug-likeness (QED) is 0.861. The van der Waals surface area contributed by atoms with Crippen LogP contribution in [-0.2, 0) is 11.3 Å². The SMILES string of the molecule is O=C1CCC(C(O)CBr)N1Cc1ccccc1Cl. The Labute approximate surface area is 120 Å². The molecule has 1 N–H and O–H groups in total. The lowest BCUT2D eigenvalue weighted by atomic mass is 10.1. The molecule has 1 aromatic rings. The Hall–Kier alpha value is -0.580. The molecule has 2 atom stereocenters. The highest BCUT2D eigenvalue weighted by molar-refractivity contribution is 9.09. The maximum atomic E-state index is 11.9. The van der Waals surface area contributed by atoms with E-state index >= 15 is 0 Å². The summed E-state index contributed by atoms with van der Waals surface area (Å²) in [5, 5.41) is 11.1. The summed E-state index contributed by atoms with van der Waals surface area (Å²) in [4.78, 5) is 13.6. The van der Waals surface area contributed by atoms with Crippen LogP contribution in [0.3, 0.4) is 0 Å². The van der Waals surface area contributed by atoms with Crippen molar-refractivity contribution >= 4 is 33.4 Å². The van der Waals surface area contributed by atoms with Crippen molar-refractivity contribution in [3.05, 3.63) is 34.9 Å². The van der Waals surface area contributed by atoms with Gasteiger partial charge in [0.05, 0.1) is 12.1 Å². The Balaban J connectivity index is 2.15. The molecule has 1 heterocycles. The normalized spacial score (nSPS) is 21.4. The minimum absolute atomic E-state index is 0.0833. The average molecular weight is 333 g/mol. The number of rotatable bonds is 4. The van der Waals surface area contributed by atoms with E-state index in [1.807, 2.05) is 24.3 Å². The fourth-order valence-corrected chi connectivity index (χ4v) is 2.90. The highest BCUT2D eigenvalue weighted by Crippen LogP contribution is 2.26. The van der Waals surface area contributed by atoms with E-state index < -0.39 is 6.10 Å². The van der Waals surface area contributed by atoms with Crippen molar-refractivity contribution in [2.24, 2.45) is 0 Å². The van der Waals surface area contributed by atoms with E-state index in [0.717, 1.165) is 5.56 Å². The zero-order valence-corrected chi connectivity index (χ0v) is 12.2. The molecular weight excluding hydrogens is 318 g/mol. The lowest BCUT2D eigenvalue weighted by Crippen LogP contribution is -2.41. The molecule has 0 aromatic heterocycles. The number of nitrogens with zero attached hydrogens (tertiary/aromatic N) is 1. The number of carbonyl (C=O) groups excluding carboxylic acids is 1. The number of likely N-dealkylation sites (tertiary alicyclic amines) is 1. The predicted molar refractivity (Wildman–Crippen MR) is 74.8 cm³/mol. The molecule has 2 rings (SSSR count). The zero-order valence-electron chi connectivity index (χ0n) is 9.85. The summed E-state index contributed by atoms with van der Waals surface area (Å²) < 4.78 is 0. The number of amides is 1. The van der Waals surface area contributed by atoms with Gasteiger partial charge in [-0.25, -0.2) is 0 Å². The van der Waals surface area contributed by atoms with Crippen LogP contribution in [0.2, 0.25) is 5.02 Å². The summed E-state index contributed by atoms with van der Waals surface area (Å²) in [6, 6.07) is 7.37. The molecule has 1 aliphatic heterocycles. The molecule has 1 aliphatic rings. The van der Waals surface area contributed by atoms with Crippen molar-refractivity contribution in [2.45, 2.75) is 31.5 Å². The van der Waals surface area contributed by atoms with Crippen LogP contribution in [-0.4, -0.2) is 33.4 Å². The third kappa shape index (κ3) is 2.87. The van der Waals surface area contributed by atoms with Crippen molar-refractivity contribution in [1.29, 1.82) is 0 Å². The first-order valence-electron chi connectivity index (χ1n) is 5.90. The van der Waals surface area contributed by atoms with Crippen LogP contribution in [0.4, 0.5) is 0 Å². The lowest BCUT2D eigenvalue weighted by molar-refractivity contribution is -0.130. The van der Waals surface area contributed by atoms with Crippen LogP contribution in [0, 0.1) is 0 Å². The van der Waals surface area contributed by atoms with E-state index in [1.54, 1.807) is 4.90 Å². The van der Waals surface area contributed by atoms with Crippen LogP contribution >= 0.6 is 27.5 Å². The number of alkyl halides is 1. The predicted octanol–water partition coefficient (Wildman–Crippen LogP) is 2.59. The van der Waals surface area contributed by atoms with Gasteiger partial charge in [0.2, 0.25) is 5.91 Å². The van der Waals surface area contributed by atoms with Gasteiger partial charge in [0.25, 0.3) is 0 Å². The molecule has 0 spiro atoms. The maximum absolute atomic E-state index is 11.9. The Morgan fingerprint density at radius 2 is 2.22 bits per heavy atom. The monoisotopic (exact) mass is 331 g/mol. The number of halogens is 2. The van der Waals surface area contributed by atoms with Gasteiger partial charge in [-0.3, -0.25) is 4.79 Å². The first kappa shape index (κ1) is 13.8. The second-order valence-electron chi connectivity index (χ2n) is 4.44. The fraction of sp³-hybridized carbons (Fsp3) is 0.462. The molecule has 1 saturated heterocycles. The summed E-state index contributed by atoms with van der Waals surface area (Å²) in [6.07, 6.45) is 0.675. The molecule has 98 valence electrons. The van der Waals surface area contributed by atoms with Gasteiger partial charge >= 0.3 is 0 Å². The van der Waals surface area contributed by atoms with E-state index in [9.17, 15) is 9.90 Å². The van der Waals surface area contributed by atoms with Crippen LogP contribution < -0.4 is 0 Å². The summed E-state index contributed by atoms with van der Waals surface area (Å²) >= 11 is 9.36. The smallest absolute Gasteiger partial charge is 0.223 e. The molecule has 0 radical (unpaired) electrons. The van der Waals surface area contributed by atoms with Crippen molar-refractivity contribution in [2.75, 3.05) is 5.33 Å². The van der Waals surface area contributed by atoms with Crippen LogP contribution in [0.25, 0.3) is 0 Å². The molecule has 5 heteroatoms. The number of aliphatic hydroxyl groups is 1. The van der Waals surface area contributed by atoms with Crippen molar-refractivity contribution in [1.82, 2.24) is 4.90 Å². The lowest BCUT2D eigenvalue weighted by Gasteiger charge is -2.28. The maximum Gasteiger partial charge on any atom is 0.223 e. The van der Waals surface area contributed by atoms with Gasteiger partial charge in [0.15, 0.2) is 0 Å². The standard InChI is InChI=1S/C13H15BrClNO2/c14-7-12(17)11-5-6-13(18)16(11)8-9-3-1-2-4-10(9)15/h1-4,11-12,17H,5-8H2. The van der Waals surface area contributed by atoms with Gasteiger partial charge in [0.1, 0.15) is 0 Å². The van der Waals surface area contributed by atoms with Gasteiger partial charge in [-0.05, 0) is 18.1 Å². The first-order chi connectivity index (χ1) is 8.63. The van der Waals surface area contributed by atoms with Crippen LogP contribution in [0.15, 0.2) is 24.3 Å². The third-order valence-corrected chi connectivity index (χ3v) is 4.31. The van der Waals surface area contributed by atoms with Crippen molar-refractivity contribution < 1.29 is 9.90 Å². The minimum atomic E-state index is -0.529. The average Bonchev–Trinajstić information content (AvgIpc) is 2.73. The first-order valence-corrected chi connectivity index (χ1v) is 7.40. The van der Waals surface area contributed by atoms with E-state index in [1.165, 1.54) is 0 Å². The van der Waals surface area contributed by atoms with E-state index in [0.29, 0.717) is 29.7 Å². The molecule has 3 nitrogen and oxygen atoms in total. The van der Waals surface area contributed by atoms with Gasteiger partial charge in [0, 0.05) is 23.3 Å². The van der Waals surface area contributed by atoms with Gasteiger partial charge in [-0.2, -0.15) is 0 Å². The summed E-state index contributed by atoms with van der Waals surface area (Å²) in [6.45, 7) is 0.466. The van der Waals surface area contributed by atoms with Gasteiger partial charge < -0.3 is 10.0 Å². The Morgan fingerprint density at radius 1 is 1.50 bits per heavy atom. The number of carbonyl (C=O) groups is 1. The fourth-order valence-electron chi connectivity index (χ4n) is 2.27. The molecule has 0 aliphatic carbocycles. The highest BCUT2D eigenvalue weighted by Gasteiger charge is 2.35. The molecule has 1 fully saturated rings. The summed E-state index contributed by atoms with van der Waals surface area (Å²) in [7, 11) is 0. The largest absolute Gasteiger partial charge is 0.390 e. The molecular formula is C13H15BrClNO2. The topological polar surface area (TPSA) is 40.5 Å². The molecule has 0 bridgehead atoms. The number of hydrogen-bond donors (Lipinski definition) is 1. The molecule has 18 heavy (non-hydrogen) atoms. The molecule has 1 aromatic carbocycles. The van der Waals surface area contributed by atoms with Gasteiger partial charge in [-0.15, -0.1) is 0 Å². The summed E-state index contributed by atoms with van der Waals surface area (Å²) in [5.41, 5.74) is 0.918. The van der Waals surface area contributed by atoms with E-state index in [-0.39, 0.29) is 11.9 Å². The Kier molecular flexibility index (Phi) is 4.65. The number of benzene rings is 1. The Bertz CT molecular complexity index is 441. The molecule has 1 amide bonds. The molecule has 0 saturated carbocycles. The van der Waals surface area contributed by atoms with Crippen LogP contribution in [0.1, 0.15) is 18.4 Å². The molecule has 2 unspecified atom stereocenters. The van der Waals surface area contributed by atoms with Crippen LogP contribution in [0.5, 0.6) is 0 Å². The number of hydrogen-bond acceptors (Lipinski definition) is 2. The minimum Gasteiger partial charge on any atom is -0.390 e. The highest BCUT2D eigenvalue weighted by atomic mass is 79.9. The number of aliphatic hydroxyl groups excluding tert-OH is 1. The second-order valence-corrected chi connectivity index (χ2v) is 5.50. The zero-order chi connectivity index (χ0) is 13.1. The van der Waals surface area contributed by atoms with Crippen molar-refractivity contribution in [3.8, 4) is 0 Å². The Morgan fingerprint density at radius 3 is 2.89 bits per heavy atom. The van der Waals surface area contributed by atoms with E-state index in [4.69, 9.17) is 11.6 Å². The van der Waals surface area contributed by atoms with Gasteiger partial charge in [-0.1, -0.05) is 45.7 Å². The third-order valence-electron chi connectivity index (χ3n) is 3.28. The summed E-state index contributed by atoms with van der Waals surface area (Å²) in [5.74, 6) is 0.0833. The van der Waals surface area contributed by atoms with Crippen molar-refractivity contribution in [3.63, 3.8) is 0 Å².